The van der Waals surface area contributed by atoms with Gasteiger partial charge in [-0.3, -0.25) is 4.79 Å². The van der Waals surface area contributed by atoms with E-state index in [1.807, 2.05) is 0 Å². The smallest absolute Gasteiger partial charge is 0.328 e. The topological polar surface area (TPSA) is 148 Å². The molecule has 0 saturated carbocycles. The Labute approximate surface area is 160 Å². The Balaban J connectivity index is 1.60. The molecule has 11 heteroatoms. The van der Waals surface area contributed by atoms with Crippen LogP contribution >= 0.6 is 0 Å². The Morgan fingerprint density at radius 2 is 1.93 bits per heavy atom. The lowest BCUT2D eigenvalue weighted by Crippen LogP contribution is -2.64. The van der Waals surface area contributed by atoms with E-state index in [1.54, 1.807) is 30.5 Å². The molecule has 10 nitrogen and oxygen atoms in total. The summed E-state index contributed by atoms with van der Waals surface area (Å²) in [6.45, 7) is 2.70. The number of sulfone groups is 1. The van der Waals surface area contributed by atoms with E-state index in [2.05, 4.69) is 10.3 Å². The van der Waals surface area contributed by atoms with Gasteiger partial charge in [-0.2, -0.15) is 0 Å². The Bertz CT molecular complexity index is 1080. The number of carbonyl (C=O) groups excluding carboxylic acids is 1. The van der Waals surface area contributed by atoms with Crippen LogP contribution < -0.4 is 5.73 Å². The highest BCUT2D eigenvalue weighted by molar-refractivity contribution is 7.93. The quantitative estimate of drug-likeness (QED) is 0.526. The van der Waals surface area contributed by atoms with Crippen molar-refractivity contribution >= 4 is 27.4 Å². The van der Waals surface area contributed by atoms with Crippen molar-refractivity contribution in [3.8, 4) is 5.69 Å². The molecule has 0 bridgehead atoms. The summed E-state index contributed by atoms with van der Waals surface area (Å²) in [5.41, 5.74) is 7.43. The fourth-order valence-electron chi connectivity index (χ4n) is 3.97. The van der Waals surface area contributed by atoms with Gasteiger partial charge in [0.1, 0.15) is 11.4 Å². The van der Waals surface area contributed by atoms with Gasteiger partial charge in [-0.05, 0) is 38.1 Å². The normalized spacial score (nSPS) is 27.3. The third-order valence-electron chi connectivity index (χ3n) is 5.54. The Morgan fingerprint density at radius 1 is 1.29 bits per heavy atom. The van der Waals surface area contributed by atoms with Gasteiger partial charge in [0.2, 0.25) is 5.91 Å². The number of hydrogen-bond acceptors (Lipinski definition) is 7. The van der Waals surface area contributed by atoms with Crippen LogP contribution in [0.4, 0.5) is 5.69 Å². The first-order valence-corrected chi connectivity index (χ1v) is 10.2. The third kappa shape index (κ3) is 2.35. The van der Waals surface area contributed by atoms with Gasteiger partial charge in [0.05, 0.1) is 28.2 Å². The number of nitrogens with zero attached hydrogens (tertiary/aromatic N) is 4. The number of anilines is 1. The van der Waals surface area contributed by atoms with E-state index >= 15 is 0 Å². The van der Waals surface area contributed by atoms with E-state index in [0.29, 0.717) is 11.4 Å². The zero-order valence-corrected chi connectivity index (χ0v) is 16.0. The first-order chi connectivity index (χ1) is 13.1. The number of benzene rings is 1. The van der Waals surface area contributed by atoms with E-state index in [9.17, 15) is 23.1 Å². The van der Waals surface area contributed by atoms with Gasteiger partial charge in [0.25, 0.3) is 0 Å². The molecule has 1 aromatic carbocycles. The molecule has 3 heterocycles. The number of carbonyl (C=O) groups is 2. The number of amides is 1. The van der Waals surface area contributed by atoms with Gasteiger partial charge < -0.3 is 15.7 Å². The summed E-state index contributed by atoms with van der Waals surface area (Å²) in [5.74, 6) is -2.68. The number of hydrogen-bond donors (Lipinski definition) is 2. The second-order valence-electron chi connectivity index (χ2n) is 7.58. The predicted octanol–water partition coefficient (Wildman–Crippen LogP) is -0.163. The standard InChI is InChI=1S/C17H19N5O5S/c1-17(2)13(16(24)25)22-14(23)12(15(22)28(17,26)27)7-10-8-21(20-19-10)11-5-3-9(18)4-6-11/h3-6,8,12-13,15H,7,18H2,1-2H3,(H,24,25)/t12-,13+,15-/m1/s1. The molecule has 0 aliphatic carbocycles. The van der Waals surface area contributed by atoms with E-state index < -0.39 is 43.8 Å². The molecular formula is C17H19N5O5S. The van der Waals surface area contributed by atoms with Crippen LogP contribution in [-0.4, -0.2) is 61.5 Å². The van der Waals surface area contributed by atoms with Gasteiger partial charge in [-0.15, -0.1) is 5.10 Å². The van der Waals surface area contributed by atoms with Crippen LogP contribution in [0.15, 0.2) is 30.5 Å². The average Bonchev–Trinajstić information content (AvgIpc) is 3.13. The van der Waals surface area contributed by atoms with Crippen molar-refractivity contribution in [2.45, 2.75) is 36.4 Å². The maximum Gasteiger partial charge on any atom is 0.328 e. The van der Waals surface area contributed by atoms with Crippen LogP contribution in [0.25, 0.3) is 5.69 Å². The van der Waals surface area contributed by atoms with Crippen molar-refractivity contribution in [1.29, 1.82) is 0 Å². The number of β-lactam (4-membered cyclic amide) rings is 1. The Hall–Kier alpha value is -2.95. The van der Waals surface area contributed by atoms with Crippen molar-refractivity contribution < 1.29 is 23.1 Å². The van der Waals surface area contributed by atoms with Crippen LogP contribution in [0.5, 0.6) is 0 Å². The highest BCUT2D eigenvalue weighted by atomic mass is 32.2. The maximum atomic E-state index is 12.9. The van der Waals surface area contributed by atoms with Crippen molar-refractivity contribution in [3.05, 3.63) is 36.2 Å². The zero-order chi connectivity index (χ0) is 20.4. The molecule has 0 radical (unpaired) electrons. The summed E-state index contributed by atoms with van der Waals surface area (Å²) in [6, 6.07) is 5.54. The molecule has 2 saturated heterocycles. The number of aliphatic carboxylic acids is 1. The monoisotopic (exact) mass is 405 g/mol. The fourth-order valence-corrected chi connectivity index (χ4v) is 6.28. The molecule has 4 rings (SSSR count). The first kappa shape index (κ1) is 18.4. The fraction of sp³-hybridized carbons (Fsp3) is 0.412. The van der Waals surface area contributed by atoms with Gasteiger partial charge in [0, 0.05) is 12.1 Å². The molecule has 1 aromatic heterocycles. The molecule has 3 atom stereocenters. The Kier molecular flexibility index (Phi) is 3.80. The van der Waals surface area contributed by atoms with E-state index in [1.165, 1.54) is 18.5 Å². The molecular weight excluding hydrogens is 386 g/mol. The van der Waals surface area contributed by atoms with Crippen molar-refractivity contribution in [2.75, 3.05) is 5.73 Å². The second kappa shape index (κ2) is 5.77. The average molecular weight is 405 g/mol. The predicted molar refractivity (Wildman–Crippen MR) is 98.0 cm³/mol. The SMILES string of the molecule is CC1(C)[C@H](C(=O)O)N2C(=O)[C@@H](Cc3cn(-c4ccc(N)cc4)nn3)[C@H]2S1(=O)=O. The minimum Gasteiger partial charge on any atom is -0.480 e. The van der Waals surface area contributed by atoms with Crippen LogP contribution in [0.2, 0.25) is 0 Å². The highest BCUT2D eigenvalue weighted by Gasteiger charge is 2.71. The third-order valence-corrected chi connectivity index (χ3v) is 8.42. The van der Waals surface area contributed by atoms with Crippen LogP contribution in [-0.2, 0) is 25.8 Å². The lowest BCUT2D eigenvalue weighted by Gasteiger charge is -2.42. The minimum atomic E-state index is -3.86. The maximum absolute atomic E-state index is 12.9. The molecule has 1 amide bonds. The number of rotatable bonds is 4. The van der Waals surface area contributed by atoms with Crippen molar-refractivity contribution in [1.82, 2.24) is 19.9 Å². The molecule has 2 aliphatic heterocycles. The van der Waals surface area contributed by atoms with E-state index in [0.717, 1.165) is 10.6 Å². The number of nitrogens with two attached hydrogens (primary N) is 1. The lowest BCUT2D eigenvalue weighted by molar-refractivity contribution is -0.163. The van der Waals surface area contributed by atoms with Crippen molar-refractivity contribution in [2.24, 2.45) is 5.92 Å². The van der Waals surface area contributed by atoms with Gasteiger partial charge >= 0.3 is 5.97 Å². The molecule has 3 N–H and O–H groups in total. The van der Waals surface area contributed by atoms with Gasteiger partial charge in [-0.1, -0.05) is 5.21 Å². The van der Waals surface area contributed by atoms with Crippen LogP contribution in [0.1, 0.15) is 19.5 Å². The lowest BCUT2D eigenvalue weighted by atomic mass is 9.89. The van der Waals surface area contributed by atoms with Gasteiger partial charge in [0.15, 0.2) is 9.84 Å². The summed E-state index contributed by atoms with van der Waals surface area (Å²) in [6.07, 6.45) is 1.68. The molecule has 0 spiro atoms. The Morgan fingerprint density at radius 3 is 2.54 bits per heavy atom. The van der Waals surface area contributed by atoms with Gasteiger partial charge in [-0.25, -0.2) is 17.9 Å². The molecule has 148 valence electrons. The second-order valence-corrected chi connectivity index (χ2v) is 10.2. The summed E-state index contributed by atoms with van der Waals surface area (Å²) in [4.78, 5) is 25.2. The molecule has 2 aliphatic rings. The summed E-state index contributed by atoms with van der Waals surface area (Å²) in [7, 11) is -3.86. The number of carboxylic acid groups (broad SMARTS) is 1. The minimum absolute atomic E-state index is 0.0661. The van der Waals surface area contributed by atoms with Crippen molar-refractivity contribution in [3.63, 3.8) is 0 Å². The molecule has 2 fully saturated rings. The zero-order valence-electron chi connectivity index (χ0n) is 15.2. The number of carboxylic acids is 1. The first-order valence-electron chi connectivity index (χ1n) is 8.61. The van der Waals surface area contributed by atoms with E-state index in [-0.39, 0.29) is 6.42 Å². The number of nitrogen functional groups attached to an aromatic ring is 1. The van der Waals surface area contributed by atoms with Crippen LogP contribution in [0.3, 0.4) is 0 Å². The number of fused-ring (bicyclic) bond motifs is 1. The summed E-state index contributed by atoms with van der Waals surface area (Å²) >= 11 is 0. The molecule has 2 aromatic rings. The van der Waals surface area contributed by atoms with Crippen LogP contribution in [0, 0.1) is 5.92 Å². The molecule has 28 heavy (non-hydrogen) atoms. The summed E-state index contributed by atoms with van der Waals surface area (Å²) < 4.78 is 25.7. The molecule has 0 unspecified atom stereocenters. The largest absolute Gasteiger partial charge is 0.480 e. The van der Waals surface area contributed by atoms with E-state index in [4.69, 9.17) is 5.73 Å². The summed E-state index contributed by atoms with van der Waals surface area (Å²) in [5, 5.41) is 16.3. The highest BCUT2D eigenvalue weighted by Crippen LogP contribution is 2.49. The number of aromatic nitrogens is 3.